The summed E-state index contributed by atoms with van der Waals surface area (Å²) < 4.78 is 10.7. The highest BCUT2D eigenvalue weighted by molar-refractivity contribution is 7.14. The van der Waals surface area contributed by atoms with Gasteiger partial charge in [0.2, 0.25) is 0 Å². The lowest BCUT2D eigenvalue weighted by Crippen LogP contribution is -2.28. The molecule has 0 radical (unpaired) electrons. The Hall–Kier alpha value is -2.05. The Kier molecular flexibility index (Phi) is 5.60. The molecule has 1 aromatic heterocycles. The van der Waals surface area contributed by atoms with Crippen molar-refractivity contribution in [3.05, 3.63) is 45.1 Å². The van der Waals surface area contributed by atoms with Gasteiger partial charge < -0.3 is 14.8 Å². The summed E-state index contributed by atoms with van der Waals surface area (Å²) in [4.78, 5) is 17.5. The van der Waals surface area contributed by atoms with Gasteiger partial charge in [0.1, 0.15) is 0 Å². The summed E-state index contributed by atoms with van der Waals surface area (Å²) in [5.74, 6) is 1.35. The number of methoxy groups -OCH3 is 2. The number of fused-ring (bicyclic) bond motifs is 1. The number of benzene rings is 1. The Morgan fingerprint density at radius 3 is 2.57 bits per heavy atom. The van der Waals surface area contributed by atoms with Crippen molar-refractivity contribution in [1.82, 2.24) is 10.2 Å². The Bertz CT molecular complexity index is 834. The van der Waals surface area contributed by atoms with Crippen molar-refractivity contribution >= 4 is 17.2 Å². The maximum absolute atomic E-state index is 12.8. The highest BCUT2D eigenvalue weighted by atomic mass is 32.1. The summed E-state index contributed by atoms with van der Waals surface area (Å²) in [6.45, 7) is 3.99. The van der Waals surface area contributed by atoms with Crippen LogP contribution in [-0.4, -0.2) is 31.1 Å². The molecule has 5 nitrogen and oxygen atoms in total. The number of amides is 1. The van der Waals surface area contributed by atoms with Crippen LogP contribution < -0.4 is 14.8 Å². The fourth-order valence-electron chi connectivity index (χ4n) is 4.31. The molecule has 1 aromatic carbocycles. The third-order valence-corrected chi connectivity index (χ3v) is 7.10. The summed E-state index contributed by atoms with van der Waals surface area (Å²) in [6, 6.07) is 8.46. The van der Waals surface area contributed by atoms with Crippen LogP contribution in [-0.2, 0) is 13.1 Å². The molecule has 0 bridgehead atoms. The van der Waals surface area contributed by atoms with E-state index in [9.17, 15) is 4.79 Å². The zero-order valence-electron chi connectivity index (χ0n) is 16.8. The van der Waals surface area contributed by atoms with E-state index < -0.39 is 0 Å². The third kappa shape index (κ3) is 3.76. The number of ether oxygens (including phenoxy) is 2. The van der Waals surface area contributed by atoms with E-state index in [1.54, 1.807) is 25.6 Å². The topological polar surface area (TPSA) is 50.8 Å². The van der Waals surface area contributed by atoms with Crippen LogP contribution in [0.3, 0.4) is 0 Å². The minimum Gasteiger partial charge on any atom is -0.493 e. The largest absolute Gasteiger partial charge is 0.493 e. The first-order valence-corrected chi connectivity index (χ1v) is 10.8. The zero-order valence-corrected chi connectivity index (χ0v) is 17.6. The molecule has 1 amide bonds. The predicted molar refractivity (Wildman–Crippen MR) is 111 cm³/mol. The zero-order chi connectivity index (χ0) is 19.7. The second kappa shape index (κ2) is 8.13. The summed E-state index contributed by atoms with van der Waals surface area (Å²) >= 11 is 1.65. The van der Waals surface area contributed by atoms with Crippen molar-refractivity contribution < 1.29 is 14.3 Å². The molecule has 2 aliphatic rings. The van der Waals surface area contributed by atoms with Gasteiger partial charge in [-0.25, -0.2) is 0 Å². The summed E-state index contributed by atoms with van der Waals surface area (Å²) in [5, 5.41) is 3.12. The van der Waals surface area contributed by atoms with Crippen LogP contribution in [0.25, 0.3) is 0 Å². The Labute approximate surface area is 170 Å². The van der Waals surface area contributed by atoms with E-state index in [-0.39, 0.29) is 11.9 Å². The molecule has 4 rings (SSSR count). The molecule has 6 heteroatoms. The molecule has 1 saturated carbocycles. The van der Waals surface area contributed by atoms with Gasteiger partial charge in [0.15, 0.2) is 11.5 Å². The molecular formula is C22H28N2O3S. The average molecular weight is 401 g/mol. The highest BCUT2D eigenvalue weighted by Gasteiger charge is 2.30. The van der Waals surface area contributed by atoms with Crippen molar-refractivity contribution in [2.24, 2.45) is 0 Å². The van der Waals surface area contributed by atoms with Gasteiger partial charge in [-0.1, -0.05) is 18.9 Å². The molecule has 1 aliphatic heterocycles. The summed E-state index contributed by atoms with van der Waals surface area (Å²) in [5.41, 5.74) is 2.32. The minimum absolute atomic E-state index is 0.00546. The van der Waals surface area contributed by atoms with Crippen molar-refractivity contribution in [2.75, 3.05) is 14.2 Å². The quantitative estimate of drug-likeness (QED) is 0.775. The summed E-state index contributed by atoms with van der Waals surface area (Å²) in [7, 11) is 3.24. The van der Waals surface area contributed by atoms with Gasteiger partial charge in [0.25, 0.3) is 5.91 Å². The lowest BCUT2D eigenvalue weighted by atomic mass is 10.1. The molecule has 2 aromatic rings. The maximum Gasteiger partial charge on any atom is 0.261 e. The molecule has 1 unspecified atom stereocenters. The van der Waals surface area contributed by atoms with E-state index >= 15 is 0 Å². The van der Waals surface area contributed by atoms with Crippen LogP contribution >= 0.6 is 11.3 Å². The van der Waals surface area contributed by atoms with Crippen molar-refractivity contribution in [2.45, 2.75) is 57.8 Å². The number of hydrogen-bond acceptors (Lipinski definition) is 5. The van der Waals surface area contributed by atoms with Crippen LogP contribution in [0.4, 0.5) is 0 Å². The molecule has 2 heterocycles. The van der Waals surface area contributed by atoms with Crippen LogP contribution in [0, 0.1) is 0 Å². The smallest absolute Gasteiger partial charge is 0.261 e. The monoisotopic (exact) mass is 400 g/mol. The molecule has 1 aliphatic carbocycles. The van der Waals surface area contributed by atoms with Crippen LogP contribution in [0.1, 0.15) is 64.3 Å². The van der Waals surface area contributed by atoms with Crippen molar-refractivity contribution in [1.29, 1.82) is 0 Å². The number of rotatable bonds is 6. The second-order valence-corrected chi connectivity index (χ2v) is 8.85. The number of nitrogens with one attached hydrogen (secondary N) is 1. The number of nitrogens with zero attached hydrogens (tertiary/aromatic N) is 1. The molecule has 0 saturated heterocycles. The Morgan fingerprint density at radius 2 is 1.89 bits per heavy atom. The first kappa shape index (κ1) is 19.3. The standard InChI is InChI=1S/C22H28N2O3S/c1-14(15-8-9-18(26-2)19(10-15)27-3)23-22(25)20-11-16-12-24(13-21(16)28-20)17-6-4-5-7-17/h8-11,14,17H,4-7,12-13H2,1-3H3,(H,23,25). The molecule has 1 N–H and O–H groups in total. The van der Waals surface area contributed by atoms with Gasteiger partial charge in [0, 0.05) is 24.0 Å². The van der Waals surface area contributed by atoms with E-state index in [1.165, 1.54) is 36.1 Å². The second-order valence-electron chi connectivity index (χ2n) is 7.71. The van der Waals surface area contributed by atoms with Gasteiger partial charge in [-0.3, -0.25) is 9.69 Å². The predicted octanol–water partition coefficient (Wildman–Crippen LogP) is 4.51. The maximum atomic E-state index is 12.8. The minimum atomic E-state index is -0.112. The highest BCUT2D eigenvalue weighted by Crippen LogP contribution is 2.36. The van der Waals surface area contributed by atoms with E-state index in [4.69, 9.17) is 9.47 Å². The molecule has 150 valence electrons. The number of carbonyl (C=O) groups excluding carboxylic acids is 1. The molecule has 28 heavy (non-hydrogen) atoms. The normalized spacial score (nSPS) is 18.1. The molecular weight excluding hydrogens is 372 g/mol. The lowest BCUT2D eigenvalue weighted by molar-refractivity contribution is 0.0943. The van der Waals surface area contributed by atoms with E-state index in [0.29, 0.717) is 11.5 Å². The third-order valence-electron chi connectivity index (χ3n) is 5.94. The van der Waals surface area contributed by atoms with Gasteiger partial charge in [-0.15, -0.1) is 11.3 Å². The fourth-order valence-corrected chi connectivity index (χ4v) is 5.41. The van der Waals surface area contributed by atoms with Crippen molar-refractivity contribution in [3.63, 3.8) is 0 Å². The Morgan fingerprint density at radius 1 is 1.14 bits per heavy atom. The SMILES string of the molecule is COc1ccc(C(C)NC(=O)c2cc3c(s2)CN(C2CCCC2)C3)cc1OC. The molecule has 1 fully saturated rings. The number of thiophene rings is 1. The number of carbonyl (C=O) groups is 1. The van der Waals surface area contributed by atoms with E-state index in [1.807, 2.05) is 25.1 Å². The van der Waals surface area contributed by atoms with Crippen LogP contribution in [0.2, 0.25) is 0 Å². The van der Waals surface area contributed by atoms with Gasteiger partial charge in [-0.05, 0) is 49.1 Å². The summed E-state index contributed by atoms with van der Waals surface area (Å²) in [6.07, 6.45) is 5.36. The van der Waals surface area contributed by atoms with E-state index in [2.05, 4.69) is 16.3 Å². The Balaban J connectivity index is 1.40. The molecule has 0 spiro atoms. The van der Waals surface area contributed by atoms with Crippen molar-refractivity contribution in [3.8, 4) is 11.5 Å². The molecule has 1 atom stereocenters. The van der Waals surface area contributed by atoms with Crippen LogP contribution in [0.15, 0.2) is 24.3 Å². The van der Waals surface area contributed by atoms with Gasteiger partial charge >= 0.3 is 0 Å². The number of hydrogen-bond donors (Lipinski definition) is 1. The lowest BCUT2D eigenvalue weighted by Gasteiger charge is -2.22. The average Bonchev–Trinajstić information content (AvgIpc) is 3.42. The van der Waals surface area contributed by atoms with Crippen LogP contribution in [0.5, 0.6) is 11.5 Å². The van der Waals surface area contributed by atoms with Gasteiger partial charge in [-0.2, -0.15) is 0 Å². The first-order chi connectivity index (χ1) is 13.6. The first-order valence-electron chi connectivity index (χ1n) is 9.97. The fraction of sp³-hybridized carbons (Fsp3) is 0.500. The van der Waals surface area contributed by atoms with Gasteiger partial charge in [0.05, 0.1) is 25.1 Å². The van der Waals surface area contributed by atoms with E-state index in [0.717, 1.165) is 29.6 Å².